The number of benzene rings is 4. The number of halogens is 12. The average molecular weight is 885 g/mol. The molecule has 8 bridgehead atoms. The van der Waals surface area contributed by atoms with E-state index in [1.807, 2.05) is 0 Å². The fourth-order valence-corrected chi connectivity index (χ4v) is 8.32. The fourth-order valence-electron chi connectivity index (χ4n) is 8.32. The molecule has 3 aromatic heterocycles. The van der Waals surface area contributed by atoms with Gasteiger partial charge in [-0.15, -0.1) is 0 Å². The first-order chi connectivity index (χ1) is 30.2. The van der Waals surface area contributed by atoms with Crippen LogP contribution in [0.1, 0.15) is 50.6 Å². The molecule has 0 radical (unpaired) electrons. The highest BCUT2D eigenvalue weighted by atomic mass is 19.4. The van der Waals surface area contributed by atoms with Crippen molar-refractivity contribution in [1.82, 2.24) is 19.9 Å². The van der Waals surface area contributed by atoms with Crippen molar-refractivity contribution in [3.63, 3.8) is 0 Å². The van der Waals surface area contributed by atoms with Gasteiger partial charge in [-0.05, 0) is 119 Å². The van der Waals surface area contributed by atoms with E-state index in [0.29, 0.717) is 44.3 Å². The summed E-state index contributed by atoms with van der Waals surface area (Å²) in [7, 11) is 0. The number of nitrogens with zero attached hydrogens (tertiary/aromatic N) is 2. The van der Waals surface area contributed by atoms with Gasteiger partial charge in [0.2, 0.25) is 0 Å². The number of alkyl halides is 12. The van der Waals surface area contributed by atoms with E-state index in [1.54, 1.807) is 36.4 Å². The Morgan fingerprint density at radius 2 is 0.734 bits per heavy atom. The molecule has 5 heterocycles. The van der Waals surface area contributed by atoms with Crippen LogP contribution >= 0.6 is 0 Å². The van der Waals surface area contributed by atoms with Gasteiger partial charge in [0.05, 0.1) is 45.0 Å². The van der Waals surface area contributed by atoms with Crippen molar-refractivity contribution in [3.8, 4) is 44.5 Å². The maximum absolute atomic E-state index is 14.2. The Balaban J connectivity index is 1.35. The van der Waals surface area contributed by atoms with Crippen LogP contribution in [0.2, 0.25) is 0 Å². The SMILES string of the molecule is FC(F)(F)c1ccc(-c2c3nc(c(-c4ccc(C(F)(F)F)cc4)c4ccc([nH]4)c(-c4ccc(C(F)(F)F)cc4)c4ccc([nH]4)c4c5nc2C=C5c2cc(C(F)(F)F)ccc2-4)C=C3)cc1. The topological polar surface area (TPSA) is 57.4 Å². The van der Waals surface area contributed by atoms with Crippen LogP contribution in [-0.2, 0) is 24.7 Å². The Labute approximate surface area is 352 Å². The van der Waals surface area contributed by atoms with Crippen LogP contribution in [0.5, 0.6) is 0 Å². The number of aromatic nitrogens is 4. The predicted molar refractivity (Wildman–Crippen MR) is 219 cm³/mol. The smallest absolute Gasteiger partial charge is 0.354 e. The van der Waals surface area contributed by atoms with Crippen LogP contribution in [-0.4, -0.2) is 19.9 Å². The van der Waals surface area contributed by atoms with Crippen LogP contribution < -0.4 is 0 Å². The summed E-state index contributed by atoms with van der Waals surface area (Å²) < 4.78 is 166. The van der Waals surface area contributed by atoms with Crippen LogP contribution in [0.4, 0.5) is 52.7 Å². The first-order valence-electron chi connectivity index (χ1n) is 19.2. The van der Waals surface area contributed by atoms with Gasteiger partial charge in [-0.25, -0.2) is 9.97 Å². The van der Waals surface area contributed by atoms with Gasteiger partial charge in [0.25, 0.3) is 0 Å². The molecule has 1 aliphatic carbocycles. The second kappa shape index (κ2) is 14.1. The Kier molecular flexibility index (Phi) is 8.95. The summed E-state index contributed by atoms with van der Waals surface area (Å²) in [5.74, 6) is 0. The quantitative estimate of drug-likeness (QED) is 0.174. The zero-order valence-electron chi connectivity index (χ0n) is 32.1. The summed E-state index contributed by atoms with van der Waals surface area (Å²) in [5.41, 5.74) is 1.27. The molecule has 2 aliphatic heterocycles. The third-order valence-electron chi connectivity index (χ3n) is 11.3. The zero-order chi connectivity index (χ0) is 45.1. The van der Waals surface area contributed by atoms with Crippen molar-refractivity contribution in [2.45, 2.75) is 24.7 Å². The summed E-state index contributed by atoms with van der Waals surface area (Å²) in [6, 6.07) is 22.6. The van der Waals surface area contributed by atoms with Crippen LogP contribution in [0.25, 0.3) is 90.4 Å². The minimum atomic E-state index is -4.73. The predicted octanol–water partition coefficient (Wildman–Crippen LogP) is 15.1. The number of rotatable bonds is 3. The number of H-pyrrole nitrogens is 2. The van der Waals surface area contributed by atoms with E-state index in [2.05, 4.69) is 9.97 Å². The molecule has 0 saturated heterocycles. The number of hydrogen-bond donors (Lipinski definition) is 2. The molecule has 4 nitrogen and oxygen atoms in total. The van der Waals surface area contributed by atoms with E-state index < -0.39 is 47.0 Å². The van der Waals surface area contributed by atoms with Gasteiger partial charge in [0.1, 0.15) is 0 Å². The van der Waals surface area contributed by atoms with E-state index in [1.165, 1.54) is 48.5 Å². The number of nitrogens with one attached hydrogen (secondary N) is 2. The van der Waals surface area contributed by atoms with Crippen LogP contribution in [0.15, 0.2) is 115 Å². The van der Waals surface area contributed by atoms with E-state index in [9.17, 15) is 52.7 Å². The van der Waals surface area contributed by atoms with Gasteiger partial charge >= 0.3 is 24.7 Å². The molecule has 64 heavy (non-hydrogen) atoms. The first-order valence-corrected chi connectivity index (χ1v) is 19.2. The molecule has 16 heteroatoms. The van der Waals surface area contributed by atoms with Crippen molar-refractivity contribution in [2.24, 2.45) is 0 Å². The molecular formula is C48H24F12N4. The van der Waals surface area contributed by atoms with Crippen molar-refractivity contribution in [3.05, 3.63) is 166 Å². The molecule has 3 aliphatic rings. The summed E-state index contributed by atoms with van der Waals surface area (Å²) in [6.07, 6.45) is -14.1. The Morgan fingerprint density at radius 3 is 1.20 bits per heavy atom. The standard InChI is InChI=1S/C48H24F12N4/c49-45(50,51)26-7-1-23(2-8-26)40-33-15-16-34(61-33)41(24-3-9-27(10-4-24)46(52,53)54)36-19-20-38(63-36)43-30-14-13-29(48(58,59)60)21-31(30)32-22-39(64-44(32)43)42(37-18-17-35(40)62-37)25-5-11-28(12-6-25)47(55,56)57/h1-22,61,63H. The van der Waals surface area contributed by atoms with Crippen molar-refractivity contribution in [2.75, 3.05) is 0 Å². The molecule has 4 aromatic carbocycles. The average Bonchev–Trinajstić information content (AvgIpc) is 4.09. The summed E-state index contributed by atoms with van der Waals surface area (Å²) in [4.78, 5) is 16.5. The molecule has 0 fully saturated rings. The molecule has 0 amide bonds. The largest absolute Gasteiger partial charge is 0.416 e. The lowest BCUT2D eigenvalue weighted by atomic mass is 9.98. The lowest BCUT2D eigenvalue weighted by Crippen LogP contribution is -2.05. The highest BCUT2D eigenvalue weighted by molar-refractivity contribution is 6.12. The third-order valence-corrected chi connectivity index (χ3v) is 11.3. The zero-order valence-corrected chi connectivity index (χ0v) is 32.1. The second-order valence-corrected chi connectivity index (χ2v) is 15.2. The molecule has 7 aromatic rings. The molecule has 320 valence electrons. The van der Waals surface area contributed by atoms with Gasteiger partial charge in [-0.1, -0.05) is 42.5 Å². The van der Waals surface area contributed by atoms with Gasteiger partial charge in [0.15, 0.2) is 0 Å². The Morgan fingerprint density at radius 1 is 0.344 bits per heavy atom. The third kappa shape index (κ3) is 6.93. The molecular weight excluding hydrogens is 861 g/mol. The lowest BCUT2D eigenvalue weighted by Gasteiger charge is -2.10. The highest BCUT2D eigenvalue weighted by Crippen LogP contribution is 2.50. The van der Waals surface area contributed by atoms with E-state index in [-0.39, 0.29) is 56.2 Å². The fraction of sp³-hybridized carbons (Fsp3) is 0.0833. The Hall–Kier alpha value is -7.36. The van der Waals surface area contributed by atoms with E-state index in [4.69, 9.17) is 9.97 Å². The van der Waals surface area contributed by atoms with Crippen molar-refractivity contribution < 1.29 is 52.7 Å². The molecule has 0 saturated carbocycles. The first kappa shape index (κ1) is 40.7. The van der Waals surface area contributed by atoms with Gasteiger partial charge in [-0.3, -0.25) is 0 Å². The normalized spacial score (nSPS) is 13.7. The monoisotopic (exact) mass is 884 g/mol. The lowest BCUT2D eigenvalue weighted by molar-refractivity contribution is -0.138. The van der Waals surface area contributed by atoms with Gasteiger partial charge < -0.3 is 9.97 Å². The van der Waals surface area contributed by atoms with Crippen molar-refractivity contribution >= 4 is 45.9 Å². The highest BCUT2D eigenvalue weighted by Gasteiger charge is 2.37. The molecule has 0 spiro atoms. The maximum atomic E-state index is 14.2. The van der Waals surface area contributed by atoms with E-state index >= 15 is 0 Å². The minimum absolute atomic E-state index is 0.143. The number of fused-ring (bicyclic) bond motifs is 11. The van der Waals surface area contributed by atoms with Gasteiger partial charge in [-0.2, -0.15) is 52.7 Å². The Bertz CT molecular complexity index is 3250. The summed E-state index contributed by atoms with van der Waals surface area (Å²) >= 11 is 0. The number of aromatic amines is 2. The molecule has 0 unspecified atom stereocenters. The van der Waals surface area contributed by atoms with Crippen LogP contribution in [0.3, 0.4) is 0 Å². The van der Waals surface area contributed by atoms with E-state index in [0.717, 1.165) is 48.5 Å². The maximum Gasteiger partial charge on any atom is 0.416 e. The minimum Gasteiger partial charge on any atom is -0.354 e. The summed E-state index contributed by atoms with van der Waals surface area (Å²) in [6.45, 7) is 0. The number of hydrogen-bond acceptors (Lipinski definition) is 2. The van der Waals surface area contributed by atoms with Crippen LogP contribution in [0, 0.1) is 0 Å². The molecule has 10 rings (SSSR count). The van der Waals surface area contributed by atoms with Crippen molar-refractivity contribution in [1.29, 1.82) is 0 Å². The van der Waals surface area contributed by atoms with Gasteiger partial charge in [0, 0.05) is 49.9 Å². The second-order valence-electron chi connectivity index (χ2n) is 15.2. The molecule has 2 N–H and O–H groups in total. The molecule has 0 atom stereocenters. The summed E-state index contributed by atoms with van der Waals surface area (Å²) in [5, 5.41) is 0.